The van der Waals surface area contributed by atoms with E-state index in [-0.39, 0.29) is 18.9 Å². The lowest BCUT2D eigenvalue weighted by Crippen LogP contribution is -2.65. The zero-order valence-electron chi connectivity index (χ0n) is 63.0. The summed E-state index contributed by atoms with van der Waals surface area (Å²) in [6.45, 7) is 2.71. The summed E-state index contributed by atoms with van der Waals surface area (Å²) in [6, 6.07) is -0.939. The minimum absolute atomic E-state index is 0.249. The van der Waals surface area contributed by atoms with Crippen LogP contribution in [0.5, 0.6) is 0 Å². The zero-order valence-corrected chi connectivity index (χ0v) is 63.0. The molecule has 2 aliphatic heterocycles. The molecule has 2 saturated heterocycles. The Morgan fingerprint density at radius 3 is 1.11 bits per heavy atom. The number of nitrogens with one attached hydrogen (secondary N) is 1. The van der Waals surface area contributed by atoms with Crippen LogP contribution in [0, 0.1) is 0 Å². The van der Waals surface area contributed by atoms with E-state index in [0.29, 0.717) is 12.8 Å². The lowest BCUT2D eigenvalue weighted by molar-refractivity contribution is -0.359. The van der Waals surface area contributed by atoms with Gasteiger partial charge < -0.3 is 65.1 Å². The van der Waals surface area contributed by atoms with Crippen molar-refractivity contribution < 1.29 is 64.6 Å². The summed E-state index contributed by atoms with van der Waals surface area (Å²) in [5.74, 6) is -0.249. The summed E-state index contributed by atoms with van der Waals surface area (Å²) >= 11 is 0. The molecule has 12 atom stereocenters. The second-order valence-electron chi connectivity index (χ2n) is 28.5. The molecular formula is C85H151NO13. The standard InChI is InChI=1S/C85H151NO13/c1-3-5-7-9-11-13-15-17-19-21-23-25-27-29-31-33-35-37-39-41-43-45-47-49-51-53-55-57-59-61-63-65-67-69-77(90)86-73(72-96-84-82(95)80(93)83(76(71-88)98-84)99-85-81(94)79(92)78(91)75(70-87)97-85)74(89)68-66-64-62-60-58-56-54-52-50-48-46-44-42-40-38-36-34-32-30-28-26-24-22-20-18-16-14-12-10-8-6-4-2/h5,7,11,13,17,19,23,25,29,31,35,37,58,60,66,68,73-76,78-85,87-89,91-95H,3-4,6,8-10,12,14-16,18,20-22,24,26-28,30,32-34,36,38-57,59,61-65,67,69-72H2,1-2H3,(H,86,90)/b7-5-,13-11-,19-17-,25-23-,31-29-,37-35-,60-58+,68-66+. The summed E-state index contributed by atoms with van der Waals surface area (Å²) in [5.41, 5.74) is 0. The van der Waals surface area contributed by atoms with E-state index in [0.717, 1.165) is 70.6 Å². The second kappa shape index (κ2) is 68.0. The van der Waals surface area contributed by atoms with Crippen LogP contribution in [0.4, 0.5) is 0 Å². The van der Waals surface area contributed by atoms with Crippen molar-refractivity contribution in [2.45, 2.75) is 415 Å². The maximum Gasteiger partial charge on any atom is 0.220 e. The molecule has 1 amide bonds. The predicted octanol–water partition coefficient (Wildman–Crippen LogP) is 18.9. The van der Waals surface area contributed by atoms with Crippen LogP contribution < -0.4 is 5.32 Å². The Hall–Kier alpha value is -3.09. The molecule has 2 fully saturated rings. The summed E-state index contributed by atoms with van der Waals surface area (Å²) in [6.07, 6.45) is 80.6. The van der Waals surface area contributed by atoms with Gasteiger partial charge in [-0.1, -0.05) is 349 Å². The van der Waals surface area contributed by atoms with Gasteiger partial charge in [0, 0.05) is 6.42 Å². The van der Waals surface area contributed by atoms with Crippen molar-refractivity contribution in [3.8, 4) is 0 Å². The average molecular weight is 1400 g/mol. The highest BCUT2D eigenvalue weighted by molar-refractivity contribution is 5.76. The molecule has 0 saturated carbocycles. The van der Waals surface area contributed by atoms with Gasteiger partial charge in [0.25, 0.3) is 0 Å². The number of unbranched alkanes of at least 4 members (excludes halogenated alkanes) is 41. The fraction of sp³-hybridized carbons (Fsp3) is 0.800. The van der Waals surface area contributed by atoms with E-state index in [1.165, 1.54) is 238 Å². The monoisotopic (exact) mass is 1390 g/mol. The molecule has 99 heavy (non-hydrogen) atoms. The normalized spacial score (nSPS) is 22.4. The molecular weight excluding hydrogens is 1240 g/mol. The summed E-state index contributed by atoms with van der Waals surface area (Å²) in [7, 11) is 0. The number of amides is 1. The van der Waals surface area contributed by atoms with Crippen LogP contribution in [0.25, 0.3) is 0 Å². The van der Waals surface area contributed by atoms with Gasteiger partial charge >= 0.3 is 0 Å². The Kier molecular flexibility index (Phi) is 63.2. The van der Waals surface area contributed by atoms with Crippen molar-refractivity contribution >= 4 is 5.91 Å². The SMILES string of the molecule is CC/C=C\C/C=C\C/C=C\C/C=C\C/C=C\C/C=C\CCCCCCCCCCCCCCCCC(=O)NC(COC1OC(CO)C(OC2OC(CO)C(O)C(O)C2O)C(O)C1O)C(O)/C=C/CC/C=C/CCCCCCCCCCCCCCCCCCCCCCCCCCCC. The number of carbonyl (C=O) groups excluding carboxylic acids is 1. The molecule has 0 aromatic rings. The van der Waals surface area contributed by atoms with E-state index >= 15 is 0 Å². The lowest BCUT2D eigenvalue weighted by Gasteiger charge is -2.46. The highest BCUT2D eigenvalue weighted by Gasteiger charge is 2.51. The average Bonchev–Trinajstić information content (AvgIpc) is 0.793. The molecule has 574 valence electrons. The summed E-state index contributed by atoms with van der Waals surface area (Å²) in [4.78, 5) is 13.4. The highest BCUT2D eigenvalue weighted by Crippen LogP contribution is 2.30. The van der Waals surface area contributed by atoms with Gasteiger partial charge in [0.05, 0.1) is 32.0 Å². The summed E-state index contributed by atoms with van der Waals surface area (Å²) in [5, 5.41) is 87.7. The first-order valence-electron chi connectivity index (χ1n) is 41.0. The molecule has 0 bridgehead atoms. The maximum absolute atomic E-state index is 13.4. The Morgan fingerprint density at radius 2 is 0.707 bits per heavy atom. The van der Waals surface area contributed by atoms with Crippen LogP contribution in [-0.4, -0.2) is 140 Å². The number of ether oxygens (including phenoxy) is 4. The Labute approximate surface area is 604 Å². The Balaban J connectivity index is 1.63. The van der Waals surface area contributed by atoms with E-state index in [2.05, 4.69) is 104 Å². The highest BCUT2D eigenvalue weighted by atomic mass is 16.7. The van der Waals surface area contributed by atoms with Crippen LogP contribution in [0.15, 0.2) is 97.2 Å². The fourth-order valence-corrected chi connectivity index (χ4v) is 13.1. The van der Waals surface area contributed by atoms with E-state index in [1.54, 1.807) is 6.08 Å². The van der Waals surface area contributed by atoms with Gasteiger partial charge in [-0.25, -0.2) is 0 Å². The fourth-order valence-electron chi connectivity index (χ4n) is 13.1. The van der Waals surface area contributed by atoms with Crippen LogP contribution in [0.1, 0.15) is 341 Å². The van der Waals surface area contributed by atoms with Crippen molar-refractivity contribution in [2.75, 3.05) is 19.8 Å². The van der Waals surface area contributed by atoms with Gasteiger partial charge in [0.2, 0.25) is 5.91 Å². The lowest BCUT2D eigenvalue weighted by atomic mass is 9.97. The topological polar surface area (TPSA) is 228 Å². The third-order valence-electron chi connectivity index (χ3n) is 19.5. The first-order valence-corrected chi connectivity index (χ1v) is 41.0. The predicted molar refractivity (Wildman–Crippen MR) is 410 cm³/mol. The van der Waals surface area contributed by atoms with Crippen LogP contribution in [-0.2, 0) is 23.7 Å². The molecule has 2 rings (SSSR count). The Bertz CT molecular complexity index is 2040. The van der Waals surface area contributed by atoms with Crippen LogP contribution in [0.2, 0.25) is 0 Å². The number of aliphatic hydroxyl groups excluding tert-OH is 8. The van der Waals surface area contributed by atoms with Gasteiger partial charge in [-0.15, -0.1) is 0 Å². The molecule has 12 unspecified atom stereocenters. The van der Waals surface area contributed by atoms with Crippen molar-refractivity contribution in [1.29, 1.82) is 0 Å². The molecule has 0 aromatic carbocycles. The Morgan fingerprint density at radius 1 is 0.374 bits per heavy atom. The van der Waals surface area contributed by atoms with Crippen molar-refractivity contribution in [3.05, 3.63) is 97.2 Å². The van der Waals surface area contributed by atoms with Crippen molar-refractivity contribution in [1.82, 2.24) is 5.32 Å². The molecule has 14 heteroatoms. The molecule has 14 nitrogen and oxygen atoms in total. The van der Waals surface area contributed by atoms with Gasteiger partial charge in [-0.05, 0) is 83.5 Å². The smallest absolute Gasteiger partial charge is 0.220 e. The van der Waals surface area contributed by atoms with E-state index < -0.39 is 86.8 Å². The van der Waals surface area contributed by atoms with E-state index in [4.69, 9.17) is 18.9 Å². The van der Waals surface area contributed by atoms with Crippen molar-refractivity contribution in [3.63, 3.8) is 0 Å². The quantitative estimate of drug-likeness (QED) is 0.0204. The van der Waals surface area contributed by atoms with E-state index in [1.807, 2.05) is 6.08 Å². The second-order valence-corrected chi connectivity index (χ2v) is 28.5. The molecule has 0 aliphatic carbocycles. The number of rotatable bonds is 68. The number of hydrogen-bond acceptors (Lipinski definition) is 13. The minimum atomic E-state index is -1.80. The molecule has 2 heterocycles. The molecule has 9 N–H and O–H groups in total. The largest absolute Gasteiger partial charge is 0.394 e. The minimum Gasteiger partial charge on any atom is -0.394 e. The number of carbonyl (C=O) groups is 1. The third-order valence-corrected chi connectivity index (χ3v) is 19.5. The first kappa shape index (κ1) is 92.0. The molecule has 0 aromatic heterocycles. The number of allylic oxidation sites excluding steroid dienone is 15. The van der Waals surface area contributed by atoms with Crippen LogP contribution >= 0.6 is 0 Å². The third kappa shape index (κ3) is 50.9. The van der Waals surface area contributed by atoms with Crippen molar-refractivity contribution in [2.24, 2.45) is 0 Å². The molecule has 2 aliphatic rings. The van der Waals surface area contributed by atoms with Gasteiger partial charge in [-0.3, -0.25) is 4.79 Å². The summed E-state index contributed by atoms with van der Waals surface area (Å²) < 4.78 is 22.9. The molecule has 0 spiro atoms. The van der Waals surface area contributed by atoms with Gasteiger partial charge in [0.15, 0.2) is 12.6 Å². The molecule has 0 radical (unpaired) electrons. The number of aliphatic hydroxyl groups is 8. The first-order chi connectivity index (χ1) is 48.6. The number of hydrogen-bond donors (Lipinski definition) is 9. The van der Waals surface area contributed by atoms with Crippen LogP contribution in [0.3, 0.4) is 0 Å². The van der Waals surface area contributed by atoms with Gasteiger partial charge in [0.1, 0.15) is 48.8 Å². The van der Waals surface area contributed by atoms with Gasteiger partial charge in [-0.2, -0.15) is 0 Å². The zero-order chi connectivity index (χ0) is 71.5. The maximum atomic E-state index is 13.4. The van der Waals surface area contributed by atoms with E-state index in [9.17, 15) is 45.6 Å².